The van der Waals surface area contributed by atoms with Gasteiger partial charge in [-0.05, 0) is 18.7 Å². The molecule has 0 bridgehead atoms. The van der Waals surface area contributed by atoms with Crippen LogP contribution in [0.3, 0.4) is 0 Å². The van der Waals surface area contributed by atoms with Crippen LogP contribution >= 0.6 is 0 Å². The van der Waals surface area contributed by atoms with E-state index in [-0.39, 0.29) is 5.91 Å². The first-order chi connectivity index (χ1) is 9.29. The van der Waals surface area contributed by atoms with E-state index in [1.165, 1.54) is 0 Å². The predicted molar refractivity (Wildman–Crippen MR) is 73.7 cm³/mol. The molecule has 0 atom stereocenters. The molecule has 1 aliphatic heterocycles. The van der Waals surface area contributed by atoms with Crippen LogP contribution in [0.5, 0.6) is 0 Å². The maximum atomic E-state index is 11.9. The Morgan fingerprint density at radius 2 is 2.16 bits per heavy atom. The first-order valence-corrected chi connectivity index (χ1v) is 7.03. The summed E-state index contributed by atoms with van der Waals surface area (Å²) in [7, 11) is 0. The van der Waals surface area contributed by atoms with Crippen LogP contribution in [0.15, 0.2) is 22.8 Å². The van der Waals surface area contributed by atoms with E-state index >= 15 is 0 Å². The first kappa shape index (κ1) is 14.1. The van der Waals surface area contributed by atoms with E-state index in [1.807, 2.05) is 17.0 Å². The molecular weight excluding hydrogens is 242 g/mol. The highest BCUT2D eigenvalue weighted by Gasteiger charge is 2.20. The Balaban J connectivity index is 1.68. The van der Waals surface area contributed by atoms with Crippen LogP contribution in [-0.2, 0) is 11.3 Å². The van der Waals surface area contributed by atoms with Crippen LogP contribution in [0.1, 0.15) is 19.1 Å². The summed E-state index contributed by atoms with van der Waals surface area (Å²) in [6.45, 7) is 8.09. The van der Waals surface area contributed by atoms with Gasteiger partial charge < -0.3 is 14.6 Å². The Morgan fingerprint density at radius 1 is 1.37 bits per heavy atom. The fourth-order valence-corrected chi connectivity index (χ4v) is 2.31. The van der Waals surface area contributed by atoms with Crippen molar-refractivity contribution in [3.05, 3.63) is 24.2 Å². The minimum Gasteiger partial charge on any atom is -0.468 e. The van der Waals surface area contributed by atoms with Gasteiger partial charge in [-0.25, -0.2) is 0 Å². The van der Waals surface area contributed by atoms with Gasteiger partial charge >= 0.3 is 0 Å². The smallest absolute Gasteiger partial charge is 0.223 e. The normalized spacial score (nSPS) is 16.8. The van der Waals surface area contributed by atoms with E-state index in [9.17, 15) is 4.79 Å². The van der Waals surface area contributed by atoms with Gasteiger partial charge in [0, 0.05) is 39.1 Å². The number of piperazine rings is 1. The number of nitrogens with one attached hydrogen (secondary N) is 1. The minimum atomic E-state index is 0.263. The second-order valence-corrected chi connectivity index (χ2v) is 4.84. The van der Waals surface area contributed by atoms with Crippen molar-refractivity contribution in [3.63, 3.8) is 0 Å². The molecule has 1 aliphatic rings. The topological polar surface area (TPSA) is 48.7 Å². The molecule has 1 fully saturated rings. The summed E-state index contributed by atoms with van der Waals surface area (Å²) >= 11 is 0. The summed E-state index contributed by atoms with van der Waals surface area (Å²) in [6, 6.07) is 3.91. The number of carbonyl (C=O) groups is 1. The zero-order valence-corrected chi connectivity index (χ0v) is 11.6. The molecule has 1 saturated heterocycles. The van der Waals surface area contributed by atoms with Crippen LogP contribution in [0.25, 0.3) is 0 Å². The molecule has 19 heavy (non-hydrogen) atoms. The lowest BCUT2D eigenvalue weighted by molar-refractivity contribution is -0.132. The highest BCUT2D eigenvalue weighted by atomic mass is 16.3. The van der Waals surface area contributed by atoms with Crippen molar-refractivity contribution in [3.8, 4) is 0 Å². The van der Waals surface area contributed by atoms with Crippen molar-refractivity contribution in [2.45, 2.75) is 19.9 Å². The molecule has 0 unspecified atom stereocenters. The highest BCUT2D eigenvalue weighted by Crippen LogP contribution is 2.09. The van der Waals surface area contributed by atoms with Gasteiger partial charge in [-0.15, -0.1) is 0 Å². The fraction of sp³-hybridized carbons (Fsp3) is 0.643. The first-order valence-electron chi connectivity index (χ1n) is 7.03. The standard InChI is InChI=1S/C14H23N3O2/c1-2-15-6-5-14(18)17-9-7-16(8-10-17)12-13-4-3-11-19-13/h3-4,11,15H,2,5-10,12H2,1H3. The Hall–Kier alpha value is -1.33. The van der Waals surface area contributed by atoms with Crippen molar-refractivity contribution >= 4 is 5.91 Å². The van der Waals surface area contributed by atoms with E-state index in [0.29, 0.717) is 6.42 Å². The molecule has 106 valence electrons. The van der Waals surface area contributed by atoms with Gasteiger partial charge in [0.25, 0.3) is 0 Å². The summed E-state index contributed by atoms with van der Waals surface area (Å²) in [5.74, 6) is 1.26. The van der Waals surface area contributed by atoms with E-state index in [0.717, 1.165) is 51.6 Å². The third-order valence-electron chi connectivity index (χ3n) is 3.45. The molecule has 0 saturated carbocycles. The molecule has 0 aromatic carbocycles. The molecule has 2 heterocycles. The van der Waals surface area contributed by atoms with Gasteiger partial charge in [-0.3, -0.25) is 9.69 Å². The van der Waals surface area contributed by atoms with Crippen LogP contribution in [0.4, 0.5) is 0 Å². The average Bonchev–Trinajstić information content (AvgIpc) is 2.93. The van der Waals surface area contributed by atoms with Gasteiger partial charge in [0.15, 0.2) is 0 Å². The number of amides is 1. The van der Waals surface area contributed by atoms with Crippen LogP contribution in [0.2, 0.25) is 0 Å². The monoisotopic (exact) mass is 265 g/mol. The third-order valence-corrected chi connectivity index (χ3v) is 3.45. The minimum absolute atomic E-state index is 0.263. The molecule has 0 spiro atoms. The molecule has 1 aromatic heterocycles. The summed E-state index contributed by atoms with van der Waals surface area (Å²) in [5.41, 5.74) is 0. The lowest BCUT2D eigenvalue weighted by Gasteiger charge is -2.34. The van der Waals surface area contributed by atoms with E-state index < -0.39 is 0 Å². The molecule has 5 heteroatoms. The lowest BCUT2D eigenvalue weighted by Crippen LogP contribution is -2.48. The zero-order chi connectivity index (χ0) is 13.5. The maximum Gasteiger partial charge on any atom is 0.223 e. The second kappa shape index (κ2) is 7.31. The number of rotatable bonds is 6. The van der Waals surface area contributed by atoms with Gasteiger partial charge in [0.2, 0.25) is 5.91 Å². The maximum absolute atomic E-state index is 11.9. The van der Waals surface area contributed by atoms with Crippen LogP contribution < -0.4 is 5.32 Å². The summed E-state index contributed by atoms with van der Waals surface area (Å²) in [4.78, 5) is 16.2. The second-order valence-electron chi connectivity index (χ2n) is 4.84. The van der Waals surface area contributed by atoms with Crippen molar-refractivity contribution in [2.24, 2.45) is 0 Å². The average molecular weight is 265 g/mol. The third kappa shape index (κ3) is 4.36. The number of carbonyl (C=O) groups excluding carboxylic acids is 1. The number of furan rings is 1. The van der Waals surface area contributed by atoms with Crippen molar-refractivity contribution in [2.75, 3.05) is 39.3 Å². The quantitative estimate of drug-likeness (QED) is 0.777. The lowest BCUT2D eigenvalue weighted by atomic mass is 10.2. The molecule has 1 amide bonds. The zero-order valence-electron chi connectivity index (χ0n) is 11.6. The summed E-state index contributed by atoms with van der Waals surface area (Å²) in [5, 5.41) is 3.19. The van der Waals surface area contributed by atoms with Gasteiger partial charge in [-0.1, -0.05) is 6.92 Å². The molecule has 2 rings (SSSR count). The predicted octanol–water partition coefficient (Wildman–Crippen LogP) is 0.923. The summed E-state index contributed by atoms with van der Waals surface area (Å²) < 4.78 is 5.35. The Kier molecular flexibility index (Phi) is 5.42. The SMILES string of the molecule is CCNCCC(=O)N1CCN(Cc2ccco2)CC1. The van der Waals surface area contributed by atoms with Crippen LogP contribution in [-0.4, -0.2) is 55.0 Å². The molecule has 1 aromatic rings. The van der Waals surface area contributed by atoms with Gasteiger partial charge in [0.1, 0.15) is 5.76 Å². The van der Waals surface area contributed by atoms with E-state index in [4.69, 9.17) is 4.42 Å². The Bertz CT molecular complexity index is 370. The van der Waals surface area contributed by atoms with Crippen molar-refractivity contribution in [1.29, 1.82) is 0 Å². The largest absolute Gasteiger partial charge is 0.468 e. The molecular formula is C14H23N3O2. The van der Waals surface area contributed by atoms with Gasteiger partial charge in [-0.2, -0.15) is 0 Å². The highest BCUT2D eigenvalue weighted by molar-refractivity contribution is 5.76. The number of nitrogens with zero attached hydrogens (tertiary/aromatic N) is 2. The van der Waals surface area contributed by atoms with E-state index in [1.54, 1.807) is 6.26 Å². The van der Waals surface area contributed by atoms with Gasteiger partial charge in [0.05, 0.1) is 12.8 Å². The molecule has 0 aliphatic carbocycles. The summed E-state index contributed by atoms with van der Waals surface area (Å²) in [6.07, 6.45) is 2.31. The fourth-order valence-electron chi connectivity index (χ4n) is 2.31. The Labute approximate surface area is 114 Å². The molecule has 5 nitrogen and oxygen atoms in total. The number of hydrogen-bond donors (Lipinski definition) is 1. The van der Waals surface area contributed by atoms with Crippen molar-refractivity contribution in [1.82, 2.24) is 15.1 Å². The van der Waals surface area contributed by atoms with E-state index in [2.05, 4.69) is 17.1 Å². The van der Waals surface area contributed by atoms with Crippen LogP contribution in [0, 0.1) is 0 Å². The van der Waals surface area contributed by atoms with Crippen molar-refractivity contribution < 1.29 is 9.21 Å². The molecule has 0 radical (unpaired) electrons. The Morgan fingerprint density at radius 3 is 2.79 bits per heavy atom. The molecule has 1 N–H and O–H groups in total. The number of hydrogen-bond acceptors (Lipinski definition) is 4.